The number of aliphatic hydroxyl groups excluding tert-OH is 1. The Labute approximate surface area is 185 Å². The Morgan fingerprint density at radius 2 is 2.16 bits per heavy atom. The average Bonchev–Trinajstić information content (AvgIpc) is 3.40. The maximum atomic E-state index is 12.5. The van der Waals surface area contributed by atoms with Gasteiger partial charge in [-0.05, 0) is 68.8 Å². The van der Waals surface area contributed by atoms with Crippen molar-refractivity contribution in [1.29, 1.82) is 0 Å². The Morgan fingerprint density at radius 3 is 2.77 bits per heavy atom. The van der Waals surface area contributed by atoms with E-state index in [1.165, 1.54) is 0 Å². The quantitative estimate of drug-likeness (QED) is 0.391. The van der Waals surface area contributed by atoms with Crippen LogP contribution in [0.3, 0.4) is 0 Å². The van der Waals surface area contributed by atoms with E-state index in [2.05, 4.69) is 13.8 Å². The average molecular weight is 433 g/mol. The SMILES string of the molecule is C/C=C(\C)C(=O)OC[C@@]12[C@H](CCCC13CO3)[C@@](C)(CCC1=CC(=O)OC1)[C@H](C)C[C@@H]2O. The lowest BCUT2D eigenvalue weighted by Gasteiger charge is -2.62. The van der Waals surface area contributed by atoms with E-state index >= 15 is 0 Å². The molecular formula is C25H36O6. The van der Waals surface area contributed by atoms with Crippen molar-refractivity contribution in [3.63, 3.8) is 0 Å². The van der Waals surface area contributed by atoms with Gasteiger partial charge < -0.3 is 19.3 Å². The number of ether oxygens (including phenoxy) is 3. The topological polar surface area (TPSA) is 85.4 Å². The molecule has 0 aromatic heterocycles. The molecule has 31 heavy (non-hydrogen) atoms. The summed E-state index contributed by atoms with van der Waals surface area (Å²) >= 11 is 0. The summed E-state index contributed by atoms with van der Waals surface area (Å²) in [4.78, 5) is 24.0. The number of epoxide rings is 1. The molecule has 2 saturated carbocycles. The number of aliphatic hydroxyl groups is 1. The summed E-state index contributed by atoms with van der Waals surface area (Å²) in [5.74, 6) is -0.0966. The Bertz CT molecular complexity index is 809. The van der Waals surface area contributed by atoms with Crippen LogP contribution in [-0.4, -0.2) is 48.6 Å². The van der Waals surface area contributed by atoms with E-state index in [4.69, 9.17) is 14.2 Å². The van der Waals surface area contributed by atoms with E-state index < -0.39 is 17.1 Å². The molecule has 0 radical (unpaired) electrons. The zero-order chi connectivity index (χ0) is 22.4. The highest BCUT2D eigenvalue weighted by molar-refractivity contribution is 5.87. The lowest BCUT2D eigenvalue weighted by Crippen LogP contribution is -2.66. The molecule has 172 valence electrons. The van der Waals surface area contributed by atoms with Gasteiger partial charge in [0, 0.05) is 11.6 Å². The van der Waals surface area contributed by atoms with Crippen molar-refractivity contribution in [3.05, 3.63) is 23.3 Å². The second-order valence-corrected chi connectivity index (χ2v) is 10.4. The monoisotopic (exact) mass is 432 g/mol. The molecule has 0 amide bonds. The predicted molar refractivity (Wildman–Crippen MR) is 115 cm³/mol. The molecule has 6 nitrogen and oxygen atoms in total. The molecule has 0 aromatic rings. The zero-order valence-corrected chi connectivity index (χ0v) is 19.2. The smallest absolute Gasteiger partial charge is 0.333 e. The highest BCUT2D eigenvalue weighted by atomic mass is 16.6. The summed E-state index contributed by atoms with van der Waals surface area (Å²) in [7, 11) is 0. The number of rotatable bonds is 6. The highest BCUT2D eigenvalue weighted by Gasteiger charge is 2.73. The van der Waals surface area contributed by atoms with Gasteiger partial charge in [0.1, 0.15) is 18.8 Å². The maximum absolute atomic E-state index is 12.5. The van der Waals surface area contributed by atoms with Crippen LogP contribution in [-0.2, 0) is 23.8 Å². The molecule has 4 rings (SSSR count). The zero-order valence-electron chi connectivity index (χ0n) is 19.2. The first-order valence-electron chi connectivity index (χ1n) is 11.7. The molecule has 6 atom stereocenters. The molecule has 1 saturated heterocycles. The standard InChI is InChI=1S/C25H36O6/c1-5-16(2)22(28)30-15-25-19(7-6-9-24(25)14-31-24)23(4,17(3)11-20(25)26)10-8-18-12-21(27)29-13-18/h5,12,17,19-20,26H,6-11,13-15H2,1-4H3/b16-5+/t17-,19-,20+,23+,24?,25+/m1/s1. The van der Waals surface area contributed by atoms with Crippen LogP contribution in [0.15, 0.2) is 23.3 Å². The van der Waals surface area contributed by atoms with Crippen LogP contribution >= 0.6 is 0 Å². The van der Waals surface area contributed by atoms with E-state index in [0.717, 1.165) is 37.7 Å². The molecular weight excluding hydrogens is 396 g/mol. The van der Waals surface area contributed by atoms with Gasteiger partial charge in [-0.25, -0.2) is 9.59 Å². The third kappa shape index (κ3) is 3.56. The van der Waals surface area contributed by atoms with Gasteiger partial charge in [0.2, 0.25) is 0 Å². The first kappa shape index (κ1) is 22.5. The molecule has 2 aliphatic carbocycles. The van der Waals surface area contributed by atoms with Gasteiger partial charge in [0.15, 0.2) is 0 Å². The largest absolute Gasteiger partial charge is 0.462 e. The van der Waals surface area contributed by atoms with E-state index in [1.54, 1.807) is 19.1 Å². The van der Waals surface area contributed by atoms with Crippen LogP contribution in [0, 0.1) is 22.7 Å². The summed E-state index contributed by atoms with van der Waals surface area (Å²) in [5.41, 5.74) is 0.568. The second kappa shape index (κ2) is 8.04. The summed E-state index contributed by atoms with van der Waals surface area (Å²) in [6.07, 6.45) is 8.11. The number of cyclic esters (lactones) is 1. The van der Waals surface area contributed by atoms with Gasteiger partial charge in [0.05, 0.1) is 18.1 Å². The minimum Gasteiger partial charge on any atom is -0.462 e. The Balaban J connectivity index is 1.64. The van der Waals surface area contributed by atoms with E-state index in [0.29, 0.717) is 31.1 Å². The molecule has 0 aromatic carbocycles. The lowest BCUT2D eigenvalue weighted by molar-refractivity contribution is -0.217. The van der Waals surface area contributed by atoms with Gasteiger partial charge in [0.25, 0.3) is 0 Å². The van der Waals surface area contributed by atoms with Crippen molar-refractivity contribution in [2.45, 2.75) is 77.9 Å². The van der Waals surface area contributed by atoms with Crippen molar-refractivity contribution in [2.24, 2.45) is 22.7 Å². The second-order valence-electron chi connectivity index (χ2n) is 10.4. The van der Waals surface area contributed by atoms with Crippen molar-refractivity contribution >= 4 is 11.9 Å². The normalized spacial score (nSPS) is 42.1. The Morgan fingerprint density at radius 1 is 1.42 bits per heavy atom. The van der Waals surface area contributed by atoms with Crippen molar-refractivity contribution in [3.8, 4) is 0 Å². The molecule has 2 aliphatic heterocycles. The van der Waals surface area contributed by atoms with Crippen LogP contribution in [0.4, 0.5) is 0 Å². The highest BCUT2D eigenvalue weighted by Crippen LogP contribution is 2.68. The first-order valence-corrected chi connectivity index (χ1v) is 11.7. The number of hydrogen-bond acceptors (Lipinski definition) is 6. The van der Waals surface area contributed by atoms with Crippen LogP contribution in [0.5, 0.6) is 0 Å². The minimum atomic E-state index is -0.591. The van der Waals surface area contributed by atoms with Gasteiger partial charge in [-0.15, -0.1) is 0 Å². The summed E-state index contributed by atoms with van der Waals surface area (Å²) in [6.45, 7) is 9.32. The number of hydrogen-bond donors (Lipinski definition) is 1. The fourth-order valence-electron chi connectivity index (χ4n) is 6.67. The van der Waals surface area contributed by atoms with Crippen molar-refractivity contribution < 1.29 is 28.9 Å². The number of esters is 2. The molecule has 1 spiro atoms. The van der Waals surface area contributed by atoms with E-state index in [-0.39, 0.29) is 29.9 Å². The summed E-state index contributed by atoms with van der Waals surface area (Å²) in [5, 5.41) is 11.5. The third-order valence-corrected chi connectivity index (χ3v) is 9.03. The van der Waals surface area contributed by atoms with Gasteiger partial charge in [-0.3, -0.25) is 0 Å². The van der Waals surface area contributed by atoms with Crippen LogP contribution in [0.2, 0.25) is 0 Å². The predicted octanol–water partition coefficient (Wildman–Crippen LogP) is 3.72. The van der Waals surface area contributed by atoms with Crippen LogP contribution in [0.1, 0.15) is 66.2 Å². The third-order valence-electron chi connectivity index (χ3n) is 9.03. The van der Waals surface area contributed by atoms with E-state index in [9.17, 15) is 14.7 Å². The maximum Gasteiger partial charge on any atom is 0.333 e. The number of carbonyl (C=O) groups is 2. The Kier molecular flexibility index (Phi) is 5.84. The molecule has 3 fully saturated rings. The first-order chi connectivity index (χ1) is 14.7. The molecule has 1 unspecified atom stereocenters. The molecule has 2 heterocycles. The van der Waals surface area contributed by atoms with Gasteiger partial charge in [-0.1, -0.05) is 26.3 Å². The molecule has 4 aliphatic rings. The number of fused-ring (bicyclic) bond motifs is 2. The van der Waals surface area contributed by atoms with Gasteiger partial charge >= 0.3 is 11.9 Å². The summed E-state index contributed by atoms with van der Waals surface area (Å²) in [6, 6.07) is 0. The van der Waals surface area contributed by atoms with Crippen molar-refractivity contribution in [1.82, 2.24) is 0 Å². The van der Waals surface area contributed by atoms with Crippen molar-refractivity contribution in [2.75, 3.05) is 19.8 Å². The van der Waals surface area contributed by atoms with Gasteiger partial charge in [-0.2, -0.15) is 0 Å². The van der Waals surface area contributed by atoms with Crippen LogP contribution in [0.25, 0.3) is 0 Å². The fourth-order valence-corrected chi connectivity index (χ4v) is 6.67. The molecule has 6 heteroatoms. The van der Waals surface area contributed by atoms with E-state index in [1.807, 2.05) is 6.92 Å². The molecule has 0 bridgehead atoms. The molecule has 1 N–H and O–H groups in total. The Hall–Kier alpha value is -1.66. The van der Waals surface area contributed by atoms with Crippen LogP contribution < -0.4 is 0 Å². The lowest BCUT2D eigenvalue weighted by atomic mass is 9.43. The number of carbonyl (C=O) groups excluding carboxylic acids is 2. The summed E-state index contributed by atoms with van der Waals surface area (Å²) < 4.78 is 17.0. The minimum absolute atomic E-state index is 0.0624. The number of allylic oxidation sites excluding steroid dienone is 1. The fraction of sp³-hybridized carbons (Fsp3) is 0.760.